The van der Waals surface area contributed by atoms with Gasteiger partial charge < -0.3 is 16.6 Å². The molecule has 0 radical (unpaired) electrons. The minimum absolute atomic E-state index is 1.19. The van der Waals surface area contributed by atoms with E-state index in [1.165, 1.54) is 5.56 Å². The molecule has 0 atom stereocenters. The molecule has 5 N–H and O–H groups in total. The van der Waals surface area contributed by atoms with Crippen LogP contribution in [0.3, 0.4) is 0 Å². The highest BCUT2D eigenvalue weighted by atomic mass is 16.4. The number of hydrogen-bond donors (Lipinski definition) is 3. The summed E-state index contributed by atoms with van der Waals surface area (Å²) in [7, 11) is 0. The Morgan fingerprint density at radius 1 is 1.31 bits per heavy atom. The number of hydrogen-bond acceptors (Lipinski definition) is 3. The lowest BCUT2D eigenvalue weighted by Crippen LogP contribution is -2.38. The van der Waals surface area contributed by atoms with Crippen LogP contribution in [0.15, 0.2) is 30.3 Å². The Hall–Kier alpha value is -1.39. The number of rotatable bonds is 1. The van der Waals surface area contributed by atoms with E-state index in [4.69, 9.17) is 5.11 Å². The molecule has 0 heterocycles. The molecule has 1 aromatic rings. The van der Waals surface area contributed by atoms with Gasteiger partial charge in [0.05, 0.1) is 0 Å². The van der Waals surface area contributed by atoms with Gasteiger partial charge in [0.2, 0.25) is 0 Å². The second kappa shape index (κ2) is 6.16. The van der Waals surface area contributed by atoms with Crippen molar-refractivity contribution in [1.29, 1.82) is 0 Å². The predicted octanol–water partition coefficient (Wildman–Crippen LogP) is 0.310. The number of carbonyl (C=O) groups is 1. The summed E-state index contributed by atoms with van der Waals surface area (Å²) in [4.78, 5) is 9.45. The fraction of sp³-hybridized carbons (Fsp3) is 0.222. The Labute approximate surface area is 77.2 Å². The highest BCUT2D eigenvalue weighted by molar-refractivity contribution is 5.72. The van der Waals surface area contributed by atoms with E-state index < -0.39 is 12.1 Å². The summed E-state index contributed by atoms with van der Waals surface area (Å²) in [6.45, 7) is 2.08. The average molecular weight is 182 g/mol. The van der Waals surface area contributed by atoms with Crippen LogP contribution in [0.5, 0.6) is 0 Å². The van der Waals surface area contributed by atoms with E-state index in [0.29, 0.717) is 0 Å². The maximum absolute atomic E-state index is 9.45. The first-order valence-electron chi connectivity index (χ1n) is 3.79. The van der Waals surface area contributed by atoms with Crippen LogP contribution in [-0.2, 0) is 4.79 Å². The molecule has 0 aliphatic heterocycles. The first-order valence-corrected chi connectivity index (χ1v) is 3.79. The van der Waals surface area contributed by atoms with Gasteiger partial charge >= 0.3 is 5.97 Å². The van der Waals surface area contributed by atoms with Crippen LogP contribution in [0.1, 0.15) is 5.56 Å². The topological polar surface area (TPSA) is 89.3 Å². The van der Waals surface area contributed by atoms with Gasteiger partial charge in [0.15, 0.2) is 6.17 Å². The quantitative estimate of drug-likeness (QED) is 0.545. The van der Waals surface area contributed by atoms with Crippen molar-refractivity contribution in [2.75, 3.05) is 0 Å². The predicted molar refractivity (Wildman–Crippen MR) is 51.0 cm³/mol. The van der Waals surface area contributed by atoms with Crippen molar-refractivity contribution in [2.45, 2.75) is 13.1 Å². The summed E-state index contributed by atoms with van der Waals surface area (Å²) < 4.78 is 0. The zero-order valence-corrected chi connectivity index (χ0v) is 7.47. The number of benzene rings is 1. The molecule has 0 fully saturated rings. The molecule has 1 rings (SSSR count). The second-order valence-electron chi connectivity index (χ2n) is 2.52. The Bertz CT molecular complexity index is 247. The molecule has 0 aromatic heterocycles. The number of carboxylic acids is 1. The van der Waals surface area contributed by atoms with E-state index in [1.807, 2.05) is 18.2 Å². The number of carboxylic acid groups (broad SMARTS) is 1. The lowest BCUT2D eigenvalue weighted by Gasteiger charge is -1.90. The minimum Gasteiger partial charge on any atom is -0.479 e. The maximum atomic E-state index is 9.45. The monoisotopic (exact) mass is 182 g/mol. The molecule has 0 unspecified atom stereocenters. The molecule has 13 heavy (non-hydrogen) atoms. The van der Waals surface area contributed by atoms with Crippen molar-refractivity contribution >= 4 is 5.97 Å². The molecule has 0 amide bonds. The van der Waals surface area contributed by atoms with E-state index in [9.17, 15) is 4.79 Å². The van der Waals surface area contributed by atoms with Crippen molar-refractivity contribution in [3.63, 3.8) is 0 Å². The first kappa shape index (κ1) is 11.6. The van der Waals surface area contributed by atoms with Gasteiger partial charge in [0.25, 0.3) is 0 Å². The summed E-state index contributed by atoms with van der Waals surface area (Å²) in [5, 5.41) is 7.74. The summed E-state index contributed by atoms with van der Waals surface area (Å²) in [6.07, 6.45) is -1.23. The number of aliphatic carboxylic acids is 1. The first-order chi connectivity index (χ1) is 6.04. The second-order valence-corrected chi connectivity index (χ2v) is 2.52. The zero-order valence-electron chi connectivity index (χ0n) is 7.47. The van der Waals surface area contributed by atoms with Crippen LogP contribution in [0.25, 0.3) is 0 Å². The normalized spacial score (nSPS) is 8.92. The molecule has 0 bridgehead atoms. The summed E-state index contributed by atoms with van der Waals surface area (Å²) in [5.41, 5.74) is 10.5. The van der Waals surface area contributed by atoms with E-state index in [1.54, 1.807) is 0 Å². The molecular weight excluding hydrogens is 168 g/mol. The Kier molecular flexibility index (Phi) is 5.50. The third kappa shape index (κ3) is 6.99. The van der Waals surface area contributed by atoms with Crippen molar-refractivity contribution in [1.82, 2.24) is 0 Å². The standard InChI is InChI=1S/C7H8.C2H6N2O2/c1-7-5-3-2-4-6-7;3-1(4)2(5)6/h2-6H,1H3;1H,3-4H2,(H,5,6). The summed E-state index contributed by atoms with van der Waals surface area (Å²) >= 11 is 0. The fourth-order valence-electron chi connectivity index (χ4n) is 0.534. The lowest BCUT2D eigenvalue weighted by atomic mass is 10.2. The molecule has 4 nitrogen and oxygen atoms in total. The molecule has 0 aliphatic rings. The van der Waals surface area contributed by atoms with Gasteiger partial charge in [-0.05, 0) is 6.92 Å². The maximum Gasteiger partial charge on any atom is 0.335 e. The Morgan fingerprint density at radius 3 is 1.85 bits per heavy atom. The third-order valence-electron chi connectivity index (χ3n) is 1.23. The molecule has 4 heteroatoms. The average Bonchev–Trinajstić information content (AvgIpc) is 2.06. The van der Waals surface area contributed by atoms with Crippen molar-refractivity contribution in [3.05, 3.63) is 35.9 Å². The van der Waals surface area contributed by atoms with Crippen molar-refractivity contribution in [2.24, 2.45) is 11.5 Å². The molecular formula is C9H14N2O2. The van der Waals surface area contributed by atoms with Crippen molar-refractivity contribution < 1.29 is 9.90 Å². The molecule has 0 saturated carbocycles. The zero-order chi connectivity index (χ0) is 10.3. The SMILES string of the molecule is Cc1ccccc1.NC(N)C(=O)O. The summed E-state index contributed by atoms with van der Waals surface area (Å²) in [6, 6.07) is 10.3. The van der Waals surface area contributed by atoms with Crippen LogP contribution in [0.4, 0.5) is 0 Å². The highest BCUT2D eigenvalue weighted by Gasteiger charge is 1.99. The van der Waals surface area contributed by atoms with E-state index in [0.717, 1.165) is 0 Å². The largest absolute Gasteiger partial charge is 0.479 e. The van der Waals surface area contributed by atoms with Gasteiger partial charge in [-0.25, -0.2) is 4.79 Å². The molecule has 0 spiro atoms. The molecule has 1 aromatic carbocycles. The van der Waals surface area contributed by atoms with Crippen LogP contribution in [-0.4, -0.2) is 17.2 Å². The molecule has 0 aliphatic carbocycles. The molecule has 72 valence electrons. The van der Waals surface area contributed by atoms with Gasteiger partial charge in [0.1, 0.15) is 0 Å². The fourth-order valence-corrected chi connectivity index (χ4v) is 0.534. The third-order valence-corrected chi connectivity index (χ3v) is 1.23. The van der Waals surface area contributed by atoms with Crippen LogP contribution < -0.4 is 11.5 Å². The van der Waals surface area contributed by atoms with Gasteiger partial charge in [-0.15, -0.1) is 0 Å². The smallest absolute Gasteiger partial charge is 0.335 e. The van der Waals surface area contributed by atoms with Gasteiger partial charge in [-0.1, -0.05) is 35.9 Å². The van der Waals surface area contributed by atoms with Gasteiger partial charge in [0, 0.05) is 0 Å². The minimum atomic E-state index is -1.23. The van der Waals surface area contributed by atoms with Crippen LogP contribution >= 0.6 is 0 Å². The Balaban J connectivity index is 0.000000226. The molecule has 0 saturated heterocycles. The van der Waals surface area contributed by atoms with E-state index in [2.05, 4.69) is 30.5 Å². The van der Waals surface area contributed by atoms with Gasteiger partial charge in [-0.3, -0.25) is 0 Å². The van der Waals surface area contributed by atoms with E-state index >= 15 is 0 Å². The van der Waals surface area contributed by atoms with E-state index in [-0.39, 0.29) is 0 Å². The lowest BCUT2D eigenvalue weighted by molar-refractivity contribution is -0.138. The summed E-state index contributed by atoms with van der Waals surface area (Å²) in [5.74, 6) is -1.19. The number of aryl methyl sites for hydroxylation is 1. The highest BCUT2D eigenvalue weighted by Crippen LogP contribution is 1.92. The number of nitrogens with two attached hydrogens (primary N) is 2. The van der Waals surface area contributed by atoms with Crippen LogP contribution in [0.2, 0.25) is 0 Å². The van der Waals surface area contributed by atoms with Gasteiger partial charge in [-0.2, -0.15) is 0 Å². The van der Waals surface area contributed by atoms with Crippen LogP contribution in [0, 0.1) is 6.92 Å². The van der Waals surface area contributed by atoms with Crippen molar-refractivity contribution in [3.8, 4) is 0 Å². The Morgan fingerprint density at radius 2 is 1.69 bits per heavy atom.